The minimum atomic E-state index is -4.32. The van der Waals surface area contributed by atoms with E-state index in [1.807, 2.05) is 37.3 Å². The normalized spacial score (nSPS) is 13.2. The van der Waals surface area contributed by atoms with Crippen LogP contribution in [0, 0.1) is 0 Å². The van der Waals surface area contributed by atoms with Gasteiger partial charge in [-0.15, -0.1) is 0 Å². The highest BCUT2D eigenvalue weighted by Crippen LogP contribution is 2.30. The lowest BCUT2D eigenvalue weighted by Gasteiger charge is -2.17. The van der Waals surface area contributed by atoms with Gasteiger partial charge in [-0.05, 0) is 36.2 Å². The fourth-order valence-corrected chi connectivity index (χ4v) is 2.68. The first-order valence-electron chi connectivity index (χ1n) is 7.68. The van der Waals surface area contributed by atoms with Crippen LogP contribution in [0.15, 0.2) is 60.8 Å². The van der Waals surface area contributed by atoms with Crippen LogP contribution >= 0.6 is 0 Å². The van der Waals surface area contributed by atoms with Crippen molar-refractivity contribution in [2.75, 3.05) is 0 Å². The predicted molar refractivity (Wildman–Crippen MR) is 88.4 cm³/mol. The molecule has 0 radical (unpaired) electrons. The number of para-hydroxylation sites is 1. The number of nitrogens with zero attached hydrogens (tertiary/aromatic N) is 1. The Bertz CT molecular complexity index is 838. The van der Waals surface area contributed by atoms with Crippen molar-refractivity contribution in [2.45, 2.75) is 25.7 Å². The summed E-state index contributed by atoms with van der Waals surface area (Å²) >= 11 is 0. The predicted octanol–water partition coefficient (Wildman–Crippen LogP) is 5.10. The Kier molecular flexibility index (Phi) is 4.53. The van der Waals surface area contributed by atoms with Crippen molar-refractivity contribution < 1.29 is 13.2 Å². The van der Waals surface area contributed by atoms with Gasteiger partial charge in [-0.2, -0.15) is 13.2 Å². The molecule has 0 saturated carbocycles. The number of alkyl halides is 3. The van der Waals surface area contributed by atoms with E-state index in [2.05, 4.69) is 10.3 Å². The summed E-state index contributed by atoms with van der Waals surface area (Å²) in [7, 11) is 0. The lowest BCUT2D eigenvalue weighted by atomic mass is 10.0. The summed E-state index contributed by atoms with van der Waals surface area (Å²) in [4.78, 5) is 4.39. The molecule has 2 aromatic carbocycles. The molecule has 0 aliphatic heterocycles. The van der Waals surface area contributed by atoms with Gasteiger partial charge in [0, 0.05) is 24.2 Å². The molecule has 2 nitrogen and oxygen atoms in total. The molecule has 24 heavy (non-hydrogen) atoms. The molecule has 124 valence electrons. The van der Waals surface area contributed by atoms with Crippen molar-refractivity contribution in [1.29, 1.82) is 0 Å². The largest absolute Gasteiger partial charge is 0.416 e. The molecule has 1 aromatic heterocycles. The SMILES string of the molecule is CC(NCc1cccc2cccnc12)c1cccc(C(F)(F)F)c1. The van der Waals surface area contributed by atoms with Gasteiger partial charge in [0.1, 0.15) is 0 Å². The maximum Gasteiger partial charge on any atom is 0.416 e. The second-order valence-electron chi connectivity index (χ2n) is 5.72. The van der Waals surface area contributed by atoms with Crippen LogP contribution in [-0.2, 0) is 12.7 Å². The minimum absolute atomic E-state index is 0.203. The van der Waals surface area contributed by atoms with Crippen LogP contribution < -0.4 is 5.32 Å². The van der Waals surface area contributed by atoms with E-state index < -0.39 is 11.7 Å². The number of benzene rings is 2. The Balaban J connectivity index is 1.77. The molecule has 1 atom stereocenters. The summed E-state index contributed by atoms with van der Waals surface area (Å²) in [5.41, 5.74) is 1.91. The first kappa shape index (κ1) is 16.5. The Morgan fingerprint density at radius 2 is 1.79 bits per heavy atom. The zero-order valence-electron chi connectivity index (χ0n) is 13.1. The van der Waals surface area contributed by atoms with Crippen LogP contribution in [0.2, 0.25) is 0 Å². The van der Waals surface area contributed by atoms with E-state index in [1.165, 1.54) is 12.1 Å². The summed E-state index contributed by atoms with van der Waals surface area (Å²) in [6.45, 7) is 2.39. The molecule has 5 heteroatoms. The molecule has 0 aliphatic rings. The lowest BCUT2D eigenvalue weighted by molar-refractivity contribution is -0.137. The summed E-state index contributed by atoms with van der Waals surface area (Å²) in [5, 5.41) is 4.32. The van der Waals surface area contributed by atoms with Crippen LogP contribution in [0.25, 0.3) is 10.9 Å². The van der Waals surface area contributed by atoms with Gasteiger partial charge < -0.3 is 5.32 Å². The van der Waals surface area contributed by atoms with Gasteiger partial charge in [0.2, 0.25) is 0 Å². The summed E-state index contributed by atoms with van der Waals surface area (Å²) in [6.07, 6.45) is -2.59. The smallest absolute Gasteiger partial charge is 0.306 e. The Labute approximate surface area is 138 Å². The van der Waals surface area contributed by atoms with E-state index in [0.29, 0.717) is 12.1 Å². The van der Waals surface area contributed by atoms with Gasteiger partial charge in [0.25, 0.3) is 0 Å². The van der Waals surface area contributed by atoms with Crippen LogP contribution in [0.5, 0.6) is 0 Å². The molecule has 1 unspecified atom stereocenters. The van der Waals surface area contributed by atoms with Gasteiger partial charge >= 0.3 is 6.18 Å². The van der Waals surface area contributed by atoms with Crippen molar-refractivity contribution in [1.82, 2.24) is 10.3 Å². The standard InChI is InChI=1S/C19H17F3N2/c1-13(15-6-3-9-17(11-15)19(20,21)22)24-12-16-7-2-5-14-8-4-10-23-18(14)16/h2-11,13,24H,12H2,1H3. The van der Waals surface area contributed by atoms with Crippen molar-refractivity contribution in [3.05, 3.63) is 77.5 Å². The molecular formula is C19H17F3N2. The van der Waals surface area contributed by atoms with E-state index >= 15 is 0 Å². The van der Waals surface area contributed by atoms with Crippen LogP contribution in [-0.4, -0.2) is 4.98 Å². The Morgan fingerprint density at radius 3 is 2.58 bits per heavy atom. The van der Waals surface area contributed by atoms with Gasteiger partial charge in [-0.1, -0.05) is 36.4 Å². The highest BCUT2D eigenvalue weighted by Gasteiger charge is 2.30. The van der Waals surface area contributed by atoms with Gasteiger partial charge in [0.15, 0.2) is 0 Å². The molecule has 1 heterocycles. The average Bonchev–Trinajstić information content (AvgIpc) is 2.59. The molecule has 0 saturated heterocycles. The lowest BCUT2D eigenvalue weighted by Crippen LogP contribution is -2.19. The number of rotatable bonds is 4. The molecule has 1 N–H and O–H groups in total. The molecule has 0 bridgehead atoms. The first-order valence-corrected chi connectivity index (χ1v) is 7.68. The molecule has 0 amide bonds. The summed E-state index contributed by atoms with van der Waals surface area (Å²) in [5.74, 6) is 0. The maximum atomic E-state index is 12.8. The van der Waals surface area contributed by atoms with E-state index in [0.717, 1.165) is 22.5 Å². The molecule has 0 fully saturated rings. The van der Waals surface area contributed by atoms with Crippen molar-refractivity contribution in [2.24, 2.45) is 0 Å². The average molecular weight is 330 g/mol. The van der Waals surface area contributed by atoms with Gasteiger partial charge in [-0.3, -0.25) is 4.98 Å². The fourth-order valence-electron chi connectivity index (χ4n) is 2.68. The molecule has 3 aromatic rings. The van der Waals surface area contributed by atoms with Crippen molar-refractivity contribution >= 4 is 10.9 Å². The topological polar surface area (TPSA) is 24.9 Å². The van der Waals surface area contributed by atoms with Crippen molar-refractivity contribution in [3.63, 3.8) is 0 Å². The zero-order valence-corrected chi connectivity index (χ0v) is 13.1. The number of nitrogens with one attached hydrogen (secondary N) is 1. The van der Waals surface area contributed by atoms with Crippen molar-refractivity contribution in [3.8, 4) is 0 Å². The fraction of sp³-hybridized carbons (Fsp3) is 0.211. The summed E-state index contributed by atoms with van der Waals surface area (Å²) < 4.78 is 38.5. The molecule has 0 spiro atoms. The number of aromatic nitrogens is 1. The minimum Gasteiger partial charge on any atom is -0.306 e. The van der Waals surface area contributed by atoms with Crippen LogP contribution in [0.3, 0.4) is 0 Å². The monoisotopic (exact) mass is 330 g/mol. The van der Waals surface area contributed by atoms with Gasteiger partial charge in [0.05, 0.1) is 11.1 Å². The quantitative estimate of drug-likeness (QED) is 0.719. The first-order chi connectivity index (χ1) is 11.4. The van der Waals surface area contributed by atoms with Crippen LogP contribution in [0.4, 0.5) is 13.2 Å². The van der Waals surface area contributed by atoms with E-state index in [-0.39, 0.29) is 6.04 Å². The molecule has 3 rings (SSSR count). The number of hydrogen-bond donors (Lipinski definition) is 1. The van der Waals surface area contributed by atoms with Gasteiger partial charge in [-0.25, -0.2) is 0 Å². The zero-order chi connectivity index (χ0) is 17.2. The highest BCUT2D eigenvalue weighted by atomic mass is 19.4. The maximum absolute atomic E-state index is 12.8. The number of fused-ring (bicyclic) bond motifs is 1. The van der Waals surface area contributed by atoms with E-state index in [4.69, 9.17) is 0 Å². The third kappa shape index (κ3) is 3.57. The number of halogens is 3. The van der Waals surface area contributed by atoms with Crippen LogP contribution in [0.1, 0.15) is 29.7 Å². The molecular weight excluding hydrogens is 313 g/mol. The Morgan fingerprint density at radius 1 is 1.04 bits per heavy atom. The third-order valence-electron chi connectivity index (χ3n) is 4.03. The number of pyridine rings is 1. The number of hydrogen-bond acceptors (Lipinski definition) is 2. The third-order valence-corrected chi connectivity index (χ3v) is 4.03. The van der Waals surface area contributed by atoms with E-state index in [9.17, 15) is 13.2 Å². The second kappa shape index (κ2) is 6.61. The summed E-state index contributed by atoms with van der Waals surface area (Å²) in [6, 6.07) is 15.0. The Hall–Kier alpha value is -2.40. The highest BCUT2D eigenvalue weighted by molar-refractivity contribution is 5.81. The molecule has 0 aliphatic carbocycles. The second-order valence-corrected chi connectivity index (χ2v) is 5.72. The van der Waals surface area contributed by atoms with E-state index in [1.54, 1.807) is 12.3 Å².